The van der Waals surface area contributed by atoms with Crippen LogP contribution in [0.4, 0.5) is 0 Å². The van der Waals surface area contributed by atoms with Crippen molar-refractivity contribution in [3.05, 3.63) is 27.9 Å². The van der Waals surface area contributed by atoms with Gasteiger partial charge in [0.25, 0.3) is 0 Å². The summed E-state index contributed by atoms with van der Waals surface area (Å²) in [4.78, 5) is 0. The molecular formula is C16H16BrN3O. The van der Waals surface area contributed by atoms with Crippen molar-refractivity contribution in [2.45, 2.75) is 44.2 Å². The molecule has 2 aliphatic rings. The first-order valence-corrected chi connectivity index (χ1v) is 8.30. The Hall–Kier alpha value is -1.38. The number of rotatable bonds is 2. The minimum absolute atomic E-state index is 0.00136. The maximum Gasteiger partial charge on any atom is 0.150 e. The number of nitrogens with zero attached hydrogens (tertiary/aromatic N) is 3. The zero-order valence-corrected chi connectivity index (χ0v) is 13.3. The predicted molar refractivity (Wildman–Crippen MR) is 83.0 cm³/mol. The topological polar surface area (TPSA) is 50.8 Å². The van der Waals surface area contributed by atoms with E-state index in [-0.39, 0.29) is 6.23 Å². The van der Waals surface area contributed by atoms with Crippen molar-refractivity contribution in [3.63, 3.8) is 0 Å². The number of hydrogen-bond donors (Lipinski definition) is 0. The first-order valence-electron chi connectivity index (χ1n) is 7.51. The molecule has 0 radical (unpaired) electrons. The highest BCUT2D eigenvalue weighted by Crippen LogP contribution is 2.47. The standard InChI is InChI=1S/C16H16BrN3O/c17-16-12-9-19-20(14-3-1-2-6-21-14)13(12)7-11(8-18)15(16)10-4-5-10/h7,9-10,14H,1-6H2. The molecule has 0 bridgehead atoms. The molecule has 0 N–H and O–H groups in total. The number of aromatic nitrogens is 2. The van der Waals surface area contributed by atoms with Gasteiger partial charge < -0.3 is 4.74 Å². The summed E-state index contributed by atoms with van der Waals surface area (Å²) >= 11 is 3.71. The molecule has 2 fully saturated rings. The number of fused-ring (bicyclic) bond motifs is 1. The third-order valence-corrected chi connectivity index (χ3v) is 5.27. The van der Waals surface area contributed by atoms with Gasteiger partial charge >= 0.3 is 0 Å². The fourth-order valence-electron chi connectivity index (χ4n) is 3.17. The Labute approximate surface area is 131 Å². The molecule has 21 heavy (non-hydrogen) atoms. The maximum atomic E-state index is 9.49. The molecule has 0 spiro atoms. The number of halogens is 1. The second kappa shape index (κ2) is 5.11. The van der Waals surface area contributed by atoms with Crippen LogP contribution in [0.5, 0.6) is 0 Å². The molecule has 2 aromatic rings. The Bertz CT molecular complexity index is 736. The van der Waals surface area contributed by atoms with Gasteiger partial charge in [-0.2, -0.15) is 10.4 Å². The number of hydrogen-bond acceptors (Lipinski definition) is 3. The van der Waals surface area contributed by atoms with E-state index in [1.807, 2.05) is 16.9 Å². The van der Waals surface area contributed by atoms with Crippen LogP contribution in [0.1, 0.15) is 55.4 Å². The number of nitriles is 1. The van der Waals surface area contributed by atoms with Gasteiger partial charge in [-0.1, -0.05) is 0 Å². The maximum absolute atomic E-state index is 9.49. The first-order chi connectivity index (χ1) is 10.3. The molecule has 1 saturated heterocycles. The minimum Gasteiger partial charge on any atom is -0.356 e. The lowest BCUT2D eigenvalue weighted by atomic mass is 10.0. The van der Waals surface area contributed by atoms with E-state index in [0.717, 1.165) is 46.0 Å². The van der Waals surface area contributed by atoms with E-state index < -0.39 is 0 Å². The number of benzene rings is 1. The molecule has 1 unspecified atom stereocenters. The van der Waals surface area contributed by atoms with E-state index in [9.17, 15) is 5.26 Å². The van der Waals surface area contributed by atoms with Crippen molar-refractivity contribution in [2.75, 3.05) is 6.61 Å². The average molecular weight is 346 g/mol. The molecule has 108 valence electrons. The van der Waals surface area contributed by atoms with Gasteiger partial charge in [0.05, 0.1) is 23.3 Å². The van der Waals surface area contributed by atoms with E-state index in [4.69, 9.17) is 4.74 Å². The van der Waals surface area contributed by atoms with Gasteiger partial charge in [-0.3, -0.25) is 0 Å². The summed E-state index contributed by atoms with van der Waals surface area (Å²) in [6.45, 7) is 0.790. The molecule has 1 aromatic carbocycles. The lowest BCUT2D eigenvalue weighted by Crippen LogP contribution is -2.19. The smallest absolute Gasteiger partial charge is 0.150 e. The Kier molecular flexibility index (Phi) is 3.24. The molecule has 1 atom stereocenters. The summed E-state index contributed by atoms with van der Waals surface area (Å²) in [5.74, 6) is 0.535. The molecular weight excluding hydrogens is 330 g/mol. The second-order valence-electron chi connectivity index (χ2n) is 5.88. The number of ether oxygens (including phenoxy) is 1. The molecule has 1 saturated carbocycles. The van der Waals surface area contributed by atoms with Crippen LogP contribution in [0.3, 0.4) is 0 Å². The Morgan fingerprint density at radius 1 is 1.33 bits per heavy atom. The largest absolute Gasteiger partial charge is 0.356 e. The molecule has 1 aromatic heterocycles. The third kappa shape index (κ3) is 2.18. The van der Waals surface area contributed by atoms with Gasteiger partial charge in [0.2, 0.25) is 0 Å². The SMILES string of the molecule is N#Cc1cc2c(cnn2C2CCCCO2)c(Br)c1C1CC1. The van der Waals surface area contributed by atoms with Crippen LogP contribution < -0.4 is 0 Å². The minimum atomic E-state index is 0.00136. The Morgan fingerprint density at radius 3 is 2.86 bits per heavy atom. The molecule has 1 aliphatic carbocycles. The van der Waals surface area contributed by atoms with Crippen molar-refractivity contribution in [1.29, 1.82) is 5.26 Å². The summed E-state index contributed by atoms with van der Waals surface area (Å²) in [6, 6.07) is 4.34. The zero-order valence-electron chi connectivity index (χ0n) is 11.7. The van der Waals surface area contributed by atoms with Gasteiger partial charge in [0, 0.05) is 16.5 Å². The van der Waals surface area contributed by atoms with Gasteiger partial charge in [-0.15, -0.1) is 0 Å². The summed E-state index contributed by atoms with van der Waals surface area (Å²) in [7, 11) is 0. The van der Waals surface area contributed by atoms with Crippen LogP contribution in [0.25, 0.3) is 10.9 Å². The van der Waals surface area contributed by atoms with Crippen molar-refractivity contribution < 1.29 is 4.74 Å². The fourth-order valence-corrected chi connectivity index (χ4v) is 4.02. The molecule has 4 nitrogen and oxygen atoms in total. The van der Waals surface area contributed by atoms with Crippen LogP contribution in [0.2, 0.25) is 0 Å². The summed E-state index contributed by atoms with van der Waals surface area (Å²) in [5, 5.41) is 15.1. The zero-order chi connectivity index (χ0) is 14.4. The normalized spacial score (nSPS) is 22.4. The summed E-state index contributed by atoms with van der Waals surface area (Å²) < 4.78 is 8.82. The average Bonchev–Trinajstić information content (AvgIpc) is 3.26. The van der Waals surface area contributed by atoms with Crippen LogP contribution in [0.15, 0.2) is 16.7 Å². The molecule has 0 amide bonds. The van der Waals surface area contributed by atoms with Gasteiger partial charge in [-0.05, 0) is 65.6 Å². The Balaban J connectivity index is 1.88. The van der Waals surface area contributed by atoms with Gasteiger partial charge in [0.15, 0.2) is 6.23 Å². The lowest BCUT2D eigenvalue weighted by Gasteiger charge is -2.23. The van der Waals surface area contributed by atoms with Crippen molar-refractivity contribution in [3.8, 4) is 6.07 Å². The lowest BCUT2D eigenvalue weighted by molar-refractivity contribution is -0.0366. The highest BCUT2D eigenvalue weighted by Gasteiger charge is 2.30. The van der Waals surface area contributed by atoms with Crippen LogP contribution in [-0.2, 0) is 4.74 Å². The predicted octanol–water partition coefficient (Wildman–Crippen LogP) is 4.25. The van der Waals surface area contributed by atoms with E-state index in [1.54, 1.807) is 0 Å². The van der Waals surface area contributed by atoms with Crippen LogP contribution >= 0.6 is 15.9 Å². The summed E-state index contributed by atoms with van der Waals surface area (Å²) in [6.07, 6.45) is 7.52. The molecule has 2 heterocycles. The third-order valence-electron chi connectivity index (χ3n) is 4.41. The van der Waals surface area contributed by atoms with Crippen molar-refractivity contribution in [1.82, 2.24) is 9.78 Å². The second-order valence-corrected chi connectivity index (χ2v) is 6.67. The van der Waals surface area contributed by atoms with Gasteiger partial charge in [0.1, 0.15) is 0 Å². The molecule has 4 rings (SSSR count). The first kappa shape index (κ1) is 13.3. The van der Waals surface area contributed by atoms with E-state index in [0.29, 0.717) is 5.92 Å². The Morgan fingerprint density at radius 2 is 2.19 bits per heavy atom. The molecule has 5 heteroatoms. The van der Waals surface area contributed by atoms with Crippen molar-refractivity contribution in [2.24, 2.45) is 0 Å². The van der Waals surface area contributed by atoms with E-state index >= 15 is 0 Å². The quantitative estimate of drug-likeness (QED) is 0.817. The van der Waals surface area contributed by atoms with Crippen molar-refractivity contribution >= 4 is 26.8 Å². The van der Waals surface area contributed by atoms with Crippen LogP contribution in [0, 0.1) is 11.3 Å². The van der Waals surface area contributed by atoms with Crippen LogP contribution in [-0.4, -0.2) is 16.4 Å². The summed E-state index contributed by atoms with van der Waals surface area (Å²) in [5.41, 5.74) is 2.93. The van der Waals surface area contributed by atoms with E-state index in [2.05, 4.69) is 27.1 Å². The fraction of sp³-hybridized carbons (Fsp3) is 0.500. The molecule has 1 aliphatic heterocycles. The monoisotopic (exact) mass is 345 g/mol. The van der Waals surface area contributed by atoms with E-state index in [1.165, 1.54) is 19.3 Å². The highest BCUT2D eigenvalue weighted by molar-refractivity contribution is 9.10. The van der Waals surface area contributed by atoms with Gasteiger partial charge in [-0.25, -0.2) is 4.68 Å². The highest BCUT2D eigenvalue weighted by atomic mass is 79.9.